The van der Waals surface area contributed by atoms with Gasteiger partial charge in [0.25, 0.3) is 5.91 Å². The molecule has 3 rings (SSSR count). The van der Waals surface area contributed by atoms with Gasteiger partial charge in [-0.15, -0.1) is 11.3 Å². The number of imide groups is 1. The maximum absolute atomic E-state index is 12.8. The minimum atomic E-state index is -3.69. The van der Waals surface area contributed by atoms with Crippen molar-refractivity contribution >= 4 is 44.9 Å². The van der Waals surface area contributed by atoms with Crippen LogP contribution in [0.3, 0.4) is 0 Å². The molecule has 1 fully saturated rings. The summed E-state index contributed by atoms with van der Waals surface area (Å²) in [5.74, 6) is -1.13. The molecular weight excluding hydrogens is 440 g/mol. The van der Waals surface area contributed by atoms with E-state index in [1.54, 1.807) is 44.4 Å². The number of nitrogens with one attached hydrogen (secondary N) is 2. The predicted molar refractivity (Wildman–Crippen MR) is 117 cm³/mol. The van der Waals surface area contributed by atoms with Crippen LogP contribution >= 0.6 is 11.3 Å². The fraction of sp³-hybridized carbons (Fsp3) is 0.350. The number of nitrogens with zero attached hydrogens (tertiary/aromatic N) is 2. The van der Waals surface area contributed by atoms with E-state index in [0.29, 0.717) is 18.0 Å². The van der Waals surface area contributed by atoms with Gasteiger partial charge in [-0.25, -0.2) is 13.2 Å². The Bertz CT molecular complexity index is 1100. The van der Waals surface area contributed by atoms with Gasteiger partial charge in [0.15, 0.2) is 5.54 Å². The largest absolute Gasteiger partial charge is 0.325 e. The third-order valence-electron chi connectivity index (χ3n) is 5.05. The number of hydrogen-bond donors (Lipinski definition) is 2. The standard InChI is InChI=1S/C20H24N4O5S2/c1-4-23(5-2)31(28,29)15-9-6-8-14(12-15)21-17(25)13-24-18(26)20(3,22-19(24)27)16-10-7-11-30-16/h6-12H,4-5,13H2,1-3H3,(H,21,25)(H,22,27). The minimum absolute atomic E-state index is 0.0502. The lowest BCUT2D eigenvalue weighted by Gasteiger charge is -2.20. The van der Waals surface area contributed by atoms with E-state index in [9.17, 15) is 22.8 Å². The molecular formula is C20H24N4O5S2. The lowest BCUT2D eigenvalue weighted by Crippen LogP contribution is -2.41. The van der Waals surface area contributed by atoms with E-state index in [0.717, 1.165) is 4.90 Å². The first-order valence-corrected chi connectivity index (χ1v) is 12.0. The summed E-state index contributed by atoms with van der Waals surface area (Å²) in [7, 11) is -3.69. The molecule has 1 atom stereocenters. The third kappa shape index (κ3) is 4.34. The van der Waals surface area contributed by atoms with Crippen molar-refractivity contribution in [2.75, 3.05) is 25.0 Å². The van der Waals surface area contributed by atoms with Crippen LogP contribution in [0.2, 0.25) is 0 Å². The fourth-order valence-corrected chi connectivity index (χ4v) is 5.70. The Balaban J connectivity index is 1.73. The first-order valence-electron chi connectivity index (χ1n) is 9.71. The number of benzene rings is 1. The van der Waals surface area contributed by atoms with Gasteiger partial charge in [0, 0.05) is 23.7 Å². The van der Waals surface area contributed by atoms with Crippen molar-refractivity contribution in [3.8, 4) is 0 Å². The molecule has 4 amide bonds. The Labute approximate surface area is 185 Å². The molecule has 1 aliphatic rings. The second kappa shape index (κ2) is 8.77. The Morgan fingerprint density at radius 1 is 1.19 bits per heavy atom. The predicted octanol–water partition coefficient (Wildman–Crippen LogP) is 2.18. The second-order valence-electron chi connectivity index (χ2n) is 7.09. The third-order valence-corrected chi connectivity index (χ3v) is 8.19. The van der Waals surface area contributed by atoms with Gasteiger partial charge in [-0.3, -0.25) is 14.5 Å². The van der Waals surface area contributed by atoms with Crippen LogP contribution < -0.4 is 10.6 Å². The maximum atomic E-state index is 12.8. The highest BCUT2D eigenvalue weighted by Gasteiger charge is 2.50. The average molecular weight is 465 g/mol. The molecule has 0 spiro atoms. The zero-order valence-electron chi connectivity index (χ0n) is 17.4. The van der Waals surface area contributed by atoms with Crippen LogP contribution in [0, 0.1) is 0 Å². The molecule has 0 aliphatic carbocycles. The monoisotopic (exact) mass is 464 g/mol. The number of anilines is 1. The lowest BCUT2D eigenvalue weighted by atomic mass is 10.0. The summed E-state index contributed by atoms with van der Waals surface area (Å²) >= 11 is 1.33. The topological polar surface area (TPSA) is 116 Å². The normalized spacial score (nSPS) is 19.0. The van der Waals surface area contributed by atoms with Gasteiger partial charge >= 0.3 is 6.03 Å². The molecule has 1 aromatic carbocycles. The molecule has 9 nitrogen and oxygen atoms in total. The van der Waals surface area contributed by atoms with Crippen molar-refractivity contribution < 1.29 is 22.8 Å². The molecule has 1 unspecified atom stereocenters. The van der Waals surface area contributed by atoms with Crippen LogP contribution in [-0.2, 0) is 25.2 Å². The van der Waals surface area contributed by atoms with Gasteiger partial charge in [-0.2, -0.15) is 4.31 Å². The Morgan fingerprint density at radius 2 is 1.90 bits per heavy atom. The van der Waals surface area contributed by atoms with Crippen LogP contribution in [0.1, 0.15) is 25.6 Å². The van der Waals surface area contributed by atoms with Crippen LogP contribution in [0.25, 0.3) is 0 Å². The zero-order chi connectivity index (χ0) is 22.8. The highest BCUT2D eigenvalue weighted by atomic mass is 32.2. The van der Waals surface area contributed by atoms with Crippen molar-refractivity contribution in [1.82, 2.24) is 14.5 Å². The number of rotatable bonds is 8. The molecule has 0 radical (unpaired) electrons. The minimum Gasteiger partial charge on any atom is -0.324 e. The van der Waals surface area contributed by atoms with Crippen molar-refractivity contribution in [3.05, 3.63) is 46.7 Å². The molecule has 2 N–H and O–H groups in total. The first kappa shape index (κ1) is 22.9. The van der Waals surface area contributed by atoms with Gasteiger partial charge in [0.1, 0.15) is 6.54 Å². The average Bonchev–Trinajstić information content (AvgIpc) is 3.34. The summed E-state index contributed by atoms with van der Waals surface area (Å²) in [5, 5.41) is 7.01. The van der Waals surface area contributed by atoms with Gasteiger partial charge in [-0.1, -0.05) is 26.0 Å². The van der Waals surface area contributed by atoms with E-state index >= 15 is 0 Å². The molecule has 1 aromatic heterocycles. The van der Waals surface area contributed by atoms with E-state index in [-0.39, 0.29) is 10.6 Å². The summed E-state index contributed by atoms with van der Waals surface area (Å²) in [6.07, 6.45) is 0. The van der Waals surface area contributed by atoms with Gasteiger partial charge in [0.05, 0.1) is 4.90 Å². The van der Waals surface area contributed by atoms with Crippen LogP contribution in [-0.4, -0.2) is 55.1 Å². The van der Waals surface area contributed by atoms with Gasteiger partial charge < -0.3 is 10.6 Å². The molecule has 0 saturated carbocycles. The smallest absolute Gasteiger partial charge is 0.324 e. The molecule has 0 bridgehead atoms. The van der Waals surface area contributed by atoms with E-state index in [1.807, 2.05) is 0 Å². The molecule has 2 heterocycles. The Morgan fingerprint density at radius 3 is 2.52 bits per heavy atom. The summed E-state index contributed by atoms with van der Waals surface area (Å²) < 4.78 is 26.7. The van der Waals surface area contributed by atoms with Crippen molar-refractivity contribution in [1.29, 1.82) is 0 Å². The van der Waals surface area contributed by atoms with Crippen molar-refractivity contribution in [2.45, 2.75) is 31.2 Å². The number of sulfonamides is 1. The molecule has 2 aromatic rings. The van der Waals surface area contributed by atoms with Crippen LogP contribution in [0.5, 0.6) is 0 Å². The van der Waals surface area contributed by atoms with Crippen molar-refractivity contribution in [3.63, 3.8) is 0 Å². The summed E-state index contributed by atoms with van der Waals surface area (Å²) in [6, 6.07) is 8.73. The van der Waals surface area contributed by atoms with E-state index in [2.05, 4.69) is 10.6 Å². The zero-order valence-corrected chi connectivity index (χ0v) is 19.0. The first-order chi connectivity index (χ1) is 14.6. The van der Waals surface area contributed by atoms with E-state index in [4.69, 9.17) is 0 Å². The number of thiophene rings is 1. The lowest BCUT2D eigenvalue weighted by molar-refractivity contribution is -0.133. The summed E-state index contributed by atoms with van der Waals surface area (Å²) in [6.45, 7) is 5.25. The number of urea groups is 1. The van der Waals surface area contributed by atoms with Crippen LogP contribution in [0.4, 0.5) is 10.5 Å². The maximum Gasteiger partial charge on any atom is 0.325 e. The van der Waals surface area contributed by atoms with Crippen LogP contribution in [0.15, 0.2) is 46.7 Å². The number of carbonyl (C=O) groups is 3. The van der Waals surface area contributed by atoms with Gasteiger partial charge in [-0.05, 0) is 36.6 Å². The summed E-state index contributed by atoms with van der Waals surface area (Å²) in [5.41, 5.74) is -0.963. The van der Waals surface area contributed by atoms with Crippen molar-refractivity contribution in [2.24, 2.45) is 0 Å². The Kier molecular flexibility index (Phi) is 6.48. The summed E-state index contributed by atoms with van der Waals surface area (Å²) in [4.78, 5) is 39.3. The van der Waals surface area contributed by atoms with Gasteiger partial charge in [0.2, 0.25) is 15.9 Å². The second-order valence-corrected chi connectivity index (χ2v) is 9.97. The molecule has 1 saturated heterocycles. The number of carbonyl (C=O) groups excluding carboxylic acids is 3. The molecule has 166 valence electrons. The highest BCUT2D eigenvalue weighted by Crippen LogP contribution is 2.31. The number of hydrogen-bond acceptors (Lipinski definition) is 6. The quantitative estimate of drug-likeness (QED) is 0.581. The molecule has 31 heavy (non-hydrogen) atoms. The molecule has 1 aliphatic heterocycles. The molecule has 11 heteroatoms. The number of amides is 4. The van der Waals surface area contributed by atoms with E-state index in [1.165, 1.54) is 33.8 Å². The fourth-order valence-electron chi connectivity index (χ4n) is 3.36. The van der Waals surface area contributed by atoms with E-state index < -0.39 is 40.0 Å². The SMILES string of the molecule is CCN(CC)S(=O)(=O)c1cccc(NC(=O)CN2C(=O)NC(C)(c3cccs3)C2=O)c1. The Hall–Kier alpha value is -2.76. The highest BCUT2D eigenvalue weighted by molar-refractivity contribution is 7.89.